The fourth-order valence-corrected chi connectivity index (χ4v) is 4.29. The van der Waals surface area contributed by atoms with Crippen molar-refractivity contribution in [3.05, 3.63) is 40.2 Å². The standard InChI is InChI=1S/C22H27F3N8O3/c1-13(33-17-10-28-29-20(35)19(17)14(2)30-33)11-36-12-18(34)31(3)16-4-6-32(7-5-16)21-26-8-15(9-27-21)22(23,24)25/h8-10,13,16H,4-7,11-12H2,1-3H3,(H,29,35). The predicted molar refractivity (Wildman–Crippen MR) is 123 cm³/mol. The first-order valence-electron chi connectivity index (χ1n) is 11.5. The number of aromatic amines is 1. The number of hydrogen-bond donors (Lipinski definition) is 1. The van der Waals surface area contributed by atoms with Crippen LogP contribution in [0.25, 0.3) is 10.9 Å². The number of carbonyl (C=O) groups is 1. The van der Waals surface area contributed by atoms with E-state index in [-0.39, 0.29) is 42.7 Å². The van der Waals surface area contributed by atoms with Crippen LogP contribution in [-0.2, 0) is 15.7 Å². The summed E-state index contributed by atoms with van der Waals surface area (Å²) in [6, 6.07) is -0.255. The molecule has 14 heteroatoms. The molecule has 1 fully saturated rings. The number of halogens is 3. The Labute approximate surface area is 204 Å². The molecule has 1 unspecified atom stereocenters. The third-order valence-corrected chi connectivity index (χ3v) is 6.36. The number of aromatic nitrogens is 6. The van der Waals surface area contributed by atoms with Gasteiger partial charge in [-0.3, -0.25) is 14.3 Å². The van der Waals surface area contributed by atoms with Gasteiger partial charge >= 0.3 is 6.18 Å². The number of likely N-dealkylation sites (N-methyl/N-ethyl adjacent to an activating group) is 1. The molecule has 4 rings (SSSR count). The largest absolute Gasteiger partial charge is 0.419 e. The average molecular weight is 509 g/mol. The number of hydrogen-bond acceptors (Lipinski definition) is 8. The van der Waals surface area contributed by atoms with Crippen LogP contribution in [0.2, 0.25) is 0 Å². The molecule has 1 N–H and O–H groups in total. The Hall–Kier alpha value is -3.55. The van der Waals surface area contributed by atoms with Crippen molar-refractivity contribution in [3.63, 3.8) is 0 Å². The molecule has 1 aliphatic rings. The van der Waals surface area contributed by atoms with Crippen LogP contribution in [0.3, 0.4) is 0 Å². The lowest BCUT2D eigenvalue weighted by molar-refractivity contribution is -0.138. The van der Waals surface area contributed by atoms with Gasteiger partial charge in [0.2, 0.25) is 11.9 Å². The van der Waals surface area contributed by atoms with Crippen molar-refractivity contribution in [1.82, 2.24) is 34.8 Å². The predicted octanol–water partition coefficient (Wildman–Crippen LogP) is 1.94. The quantitative estimate of drug-likeness (QED) is 0.514. The van der Waals surface area contributed by atoms with Gasteiger partial charge in [0.15, 0.2) is 0 Å². The monoisotopic (exact) mass is 508 g/mol. The fraction of sp³-hybridized carbons (Fsp3) is 0.545. The second-order valence-corrected chi connectivity index (χ2v) is 8.85. The lowest BCUT2D eigenvalue weighted by Gasteiger charge is -2.36. The third-order valence-electron chi connectivity index (χ3n) is 6.36. The van der Waals surface area contributed by atoms with Gasteiger partial charge in [-0.05, 0) is 26.7 Å². The summed E-state index contributed by atoms with van der Waals surface area (Å²) in [5.74, 6) is 0.0670. The van der Waals surface area contributed by atoms with E-state index in [0.717, 1.165) is 12.4 Å². The highest BCUT2D eigenvalue weighted by Gasteiger charge is 2.32. The third kappa shape index (κ3) is 5.32. The molecule has 1 atom stereocenters. The van der Waals surface area contributed by atoms with Crippen LogP contribution >= 0.6 is 0 Å². The van der Waals surface area contributed by atoms with Gasteiger partial charge < -0.3 is 14.5 Å². The van der Waals surface area contributed by atoms with Crippen molar-refractivity contribution < 1.29 is 22.7 Å². The lowest BCUT2D eigenvalue weighted by atomic mass is 10.0. The smallest absolute Gasteiger partial charge is 0.369 e. The number of piperidine rings is 1. The van der Waals surface area contributed by atoms with Gasteiger partial charge in [-0.25, -0.2) is 15.1 Å². The lowest BCUT2D eigenvalue weighted by Crippen LogP contribution is -2.47. The molecule has 1 amide bonds. The number of nitrogens with one attached hydrogen (secondary N) is 1. The van der Waals surface area contributed by atoms with E-state index in [1.54, 1.807) is 23.6 Å². The number of amides is 1. The maximum Gasteiger partial charge on any atom is 0.419 e. The summed E-state index contributed by atoms with van der Waals surface area (Å²) in [5, 5.41) is 11.1. The van der Waals surface area contributed by atoms with Crippen molar-refractivity contribution in [2.75, 3.05) is 38.3 Å². The Morgan fingerprint density at radius 1 is 1.25 bits per heavy atom. The molecule has 0 spiro atoms. The molecule has 3 aromatic rings. The fourth-order valence-electron chi connectivity index (χ4n) is 4.29. The second-order valence-electron chi connectivity index (χ2n) is 8.85. The van der Waals surface area contributed by atoms with Gasteiger partial charge in [0.25, 0.3) is 5.56 Å². The van der Waals surface area contributed by atoms with Crippen molar-refractivity contribution in [2.45, 2.75) is 44.9 Å². The molecule has 0 bridgehead atoms. The van der Waals surface area contributed by atoms with E-state index in [9.17, 15) is 22.8 Å². The summed E-state index contributed by atoms with van der Waals surface area (Å²) in [6.45, 7) is 4.76. The van der Waals surface area contributed by atoms with Crippen LogP contribution in [-0.4, -0.2) is 80.1 Å². The number of rotatable bonds is 7. The Balaban J connectivity index is 1.26. The van der Waals surface area contributed by atoms with E-state index < -0.39 is 11.7 Å². The average Bonchev–Trinajstić information content (AvgIpc) is 3.20. The minimum absolute atomic E-state index is 0.0280. The number of ether oxygens (including phenoxy) is 1. The highest BCUT2D eigenvalue weighted by atomic mass is 19.4. The molecule has 3 aromatic heterocycles. The molecule has 1 saturated heterocycles. The molecule has 194 valence electrons. The number of aryl methyl sites for hydroxylation is 1. The van der Waals surface area contributed by atoms with Crippen LogP contribution < -0.4 is 10.5 Å². The zero-order valence-electron chi connectivity index (χ0n) is 20.1. The van der Waals surface area contributed by atoms with E-state index in [4.69, 9.17) is 4.74 Å². The summed E-state index contributed by atoms with van der Waals surface area (Å²) in [5.41, 5.74) is -0.0111. The Bertz CT molecular complexity index is 1270. The van der Waals surface area contributed by atoms with E-state index >= 15 is 0 Å². The molecule has 0 aliphatic carbocycles. The first-order valence-corrected chi connectivity index (χ1v) is 11.5. The number of fused-ring (bicyclic) bond motifs is 1. The molecule has 1 aliphatic heterocycles. The highest BCUT2D eigenvalue weighted by Crippen LogP contribution is 2.29. The SMILES string of the molecule is Cc1nn(C(C)COCC(=O)N(C)C2CCN(c3ncc(C(F)(F)F)cn3)CC2)c2cn[nH]c(=O)c12. The van der Waals surface area contributed by atoms with Gasteiger partial charge in [0.1, 0.15) is 6.61 Å². The minimum atomic E-state index is -4.48. The van der Waals surface area contributed by atoms with Crippen LogP contribution in [0.4, 0.5) is 19.1 Å². The molecule has 36 heavy (non-hydrogen) atoms. The van der Waals surface area contributed by atoms with Crippen molar-refractivity contribution >= 4 is 22.8 Å². The summed E-state index contributed by atoms with van der Waals surface area (Å²) < 4.78 is 45.5. The summed E-state index contributed by atoms with van der Waals surface area (Å²) in [7, 11) is 1.71. The zero-order chi connectivity index (χ0) is 26.0. The summed E-state index contributed by atoms with van der Waals surface area (Å²) in [4.78, 5) is 35.8. The second kappa shape index (κ2) is 10.2. The Morgan fingerprint density at radius 3 is 2.56 bits per heavy atom. The van der Waals surface area contributed by atoms with Crippen LogP contribution in [0.1, 0.15) is 37.1 Å². The van der Waals surface area contributed by atoms with Gasteiger partial charge in [0, 0.05) is 38.6 Å². The van der Waals surface area contributed by atoms with Crippen LogP contribution in [0.15, 0.2) is 23.4 Å². The Morgan fingerprint density at radius 2 is 1.92 bits per heavy atom. The Kier molecular flexibility index (Phi) is 7.24. The maximum atomic E-state index is 12.7. The van der Waals surface area contributed by atoms with E-state index in [1.165, 1.54) is 6.20 Å². The first-order chi connectivity index (χ1) is 17.1. The summed E-state index contributed by atoms with van der Waals surface area (Å²) >= 11 is 0. The van der Waals surface area contributed by atoms with Crippen molar-refractivity contribution in [3.8, 4) is 0 Å². The number of alkyl halides is 3. The molecule has 11 nitrogen and oxygen atoms in total. The molecule has 0 radical (unpaired) electrons. The first kappa shape index (κ1) is 25.5. The van der Waals surface area contributed by atoms with Crippen molar-refractivity contribution in [2.24, 2.45) is 0 Å². The topological polar surface area (TPSA) is 122 Å². The number of carbonyl (C=O) groups excluding carboxylic acids is 1. The van der Waals surface area contributed by atoms with Gasteiger partial charge in [0.05, 0.1) is 41.0 Å². The number of nitrogens with zero attached hydrogens (tertiary/aromatic N) is 7. The normalized spacial score (nSPS) is 15.9. The molecule has 0 saturated carbocycles. The van der Waals surface area contributed by atoms with Crippen molar-refractivity contribution in [1.29, 1.82) is 0 Å². The zero-order valence-corrected chi connectivity index (χ0v) is 20.1. The molecular formula is C22H27F3N8O3. The molecular weight excluding hydrogens is 481 g/mol. The summed E-state index contributed by atoms with van der Waals surface area (Å²) in [6.07, 6.45) is -0.120. The highest BCUT2D eigenvalue weighted by molar-refractivity contribution is 5.80. The van der Waals surface area contributed by atoms with E-state index in [2.05, 4.69) is 25.3 Å². The van der Waals surface area contributed by atoms with Crippen LogP contribution in [0, 0.1) is 6.92 Å². The van der Waals surface area contributed by atoms with Crippen LogP contribution in [0.5, 0.6) is 0 Å². The van der Waals surface area contributed by atoms with Gasteiger partial charge in [-0.15, -0.1) is 0 Å². The van der Waals surface area contributed by atoms with Gasteiger partial charge in [-0.2, -0.15) is 23.4 Å². The molecule has 0 aromatic carbocycles. The maximum absolute atomic E-state index is 12.7. The minimum Gasteiger partial charge on any atom is -0.369 e. The number of anilines is 1. The van der Waals surface area contributed by atoms with E-state index in [0.29, 0.717) is 42.5 Å². The van der Waals surface area contributed by atoms with E-state index in [1.807, 2.05) is 11.8 Å². The number of H-pyrrole nitrogens is 1. The molecule has 4 heterocycles. The van der Waals surface area contributed by atoms with Gasteiger partial charge in [-0.1, -0.05) is 0 Å².